The average molecular weight is 186 g/mol. The molecule has 0 saturated carbocycles. The predicted molar refractivity (Wildman–Crippen MR) is 46.0 cm³/mol. The maximum absolute atomic E-state index is 9.53. The summed E-state index contributed by atoms with van der Waals surface area (Å²) < 4.78 is 4.55. The Labute approximate surface area is 76.4 Å². The zero-order valence-corrected chi connectivity index (χ0v) is 7.47. The summed E-state index contributed by atoms with van der Waals surface area (Å²) in [5.41, 5.74) is 0.503. The van der Waals surface area contributed by atoms with Gasteiger partial charge in [0.1, 0.15) is 12.4 Å². The highest BCUT2D eigenvalue weighted by molar-refractivity contribution is 5.06. The Bertz CT molecular complexity index is 225. The van der Waals surface area contributed by atoms with Crippen molar-refractivity contribution in [3.05, 3.63) is 18.0 Å². The lowest BCUT2D eigenvalue weighted by molar-refractivity contribution is 0.0137. The number of hydrogen-bond acceptors (Lipinski definition) is 5. The van der Waals surface area contributed by atoms with Crippen molar-refractivity contribution >= 4 is 0 Å². The van der Waals surface area contributed by atoms with E-state index in [4.69, 9.17) is 0 Å². The monoisotopic (exact) mass is 186 g/mol. The lowest BCUT2D eigenvalue weighted by Gasteiger charge is -2.15. The van der Waals surface area contributed by atoms with Crippen molar-refractivity contribution in [2.45, 2.75) is 18.6 Å². The van der Waals surface area contributed by atoms with E-state index >= 15 is 0 Å². The normalized spacial score (nSPS) is 15.6. The molecule has 1 rings (SSSR count). The van der Waals surface area contributed by atoms with Gasteiger partial charge in [-0.15, -0.1) is 0 Å². The molecule has 1 heterocycles. The first-order valence-electron chi connectivity index (χ1n) is 4.15. The molecule has 1 aromatic rings. The van der Waals surface area contributed by atoms with Crippen molar-refractivity contribution in [2.24, 2.45) is 0 Å². The fourth-order valence-corrected chi connectivity index (χ4v) is 1.03. The summed E-state index contributed by atoms with van der Waals surface area (Å²) in [5.74, 6) is 0. The molecule has 3 N–H and O–H groups in total. The highest BCUT2D eigenvalue weighted by Gasteiger charge is 2.18. The zero-order valence-electron chi connectivity index (χ0n) is 7.47. The molecule has 13 heavy (non-hydrogen) atoms. The third-order valence-corrected chi connectivity index (χ3v) is 1.85. The maximum Gasteiger partial charge on any atom is 0.129 e. The molecule has 0 spiro atoms. The SMILES string of the molecule is CNCCC(O)C(O)c1cnoc1. The highest BCUT2D eigenvalue weighted by atomic mass is 16.5. The van der Waals surface area contributed by atoms with E-state index in [9.17, 15) is 10.2 Å². The van der Waals surface area contributed by atoms with Crippen molar-refractivity contribution in [1.82, 2.24) is 10.5 Å². The number of nitrogens with one attached hydrogen (secondary N) is 1. The van der Waals surface area contributed by atoms with Gasteiger partial charge in [-0.1, -0.05) is 5.16 Å². The molecular weight excluding hydrogens is 172 g/mol. The number of aliphatic hydroxyl groups excluding tert-OH is 2. The van der Waals surface area contributed by atoms with Gasteiger partial charge in [0.25, 0.3) is 0 Å². The first-order valence-corrected chi connectivity index (χ1v) is 4.15. The van der Waals surface area contributed by atoms with Crippen LogP contribution >= 0.6 is 0 Å². The van der Waals surface area contributed by atoms with Crippen LogP contribution in [0.1, 0.15) is 18.1 Å². The lowest BCUT2D eigenvalue weighted by atomic mass is 10.1. The molecule has 2 unspecified atom stereocenters. The Kier molecular flexibility index (Phi) is 3.88. The zero-order chi connectivity index (χ0) is 9.68. The Morgan fingerprint density at radius 3 is 2.92 bits per heavy atom. The molecule has 5 nitrogen and oxygen atoms in total. The maximum atomic E-state index is 9.53. The molecule has 0 aromatic carbocycles. The molecular formula is C8H14N2O3. The van der Waals surface area contributed by atoms with Crippen LogP contribution in [0.15, 0.2) is 17.0 Å². The Hall–Kier alpha value is -0.910. The van der Waals surface area contributed by atoms with Gasteiger partial charge in [0.2, 0.25) is 0 Å². The minimum atomic E-state index is -0.917. The summed E-state index contributed by atoms with van der Waals surface area (Å²) >= 11 is 0. The van der Waals surface area contributed by atoms with Crippen LogP contribution in [0.3, 0.4) is 0 Å². The van der Waals surface area contributed by atoms with Crippen molar-refractivity contribution in [2.75, 3.05) is 13.6 Å². The summed E-state index contributed by atoms with van der Waals surface area (Å²) in [7, 11) is 1.79. The van der Waals surface area contributed by atoms with Crippen LogP contribution < -0.4 is 5.32 Å². The molecule has 2 atom stereocenters. The fraction of sp³-hybridized carbons (Fsp3) is 0.625. The van der Waals surface area contributed by atoms with Gasteiger partial charge in [-0.25, -0.2) is 0 Å². The van der Waals surface area contributed by atoms with Crippen molar-refractivity contribution in [3.8, 4) is 0 Å². The Balaban J connectivity index is 2.43. The van der Waals surface area contributed by atoms with Crippen LogP contribution in [0.5, 0.6) is 0 Å². The Morgan fingerprint density at radius 1 is 1.62 bits per heavy atom. The molecule has 0 amide bonds. The van der Waals surface area contributed by atoms with E-state index in [0.717, 1.165) is 0 Å². The molecule has 1 aromatic heterocycles. The van der Waals surface area contributed by atoms with Crippen molar-refractivity contribution < 1.29 is 14.7 Å². The molecule has 74 valence electrons. The van der Waals surface area contributed by atoms with Crippen LogP contribution in [0.4, 0.5) is 0 Å². The standard InChI is InChI=1S/C8H14N2O3/c1-9-3-2-7(11)8(12)6-4-10-13-5-6/h4-5,7-9,11-12H,2-3H2,1H3. The van der Waals surface area contributed by atoms with Gasteiger partial charge in [-0.3, -0.25) is 0 Å². The lowest BCUT2D eigenvalue weighted by Crippen LogP contribution is -2.22. The largest absolute Gasteiger partial charge is 0.390 e. The molecule has 0 fully saturated rings. The van der Waals surface area contributed by atoms with Gasteiger partial charge in [-0.2, -0.15) is 0 Å². The van der Waals surface area contributed by atoms with E-state index < -0.39 is 12.2 Å². The van der Waals surface area contributed by atoms with Crippen LogP contribution in [0.25, 0.3) is 0 Å². The van der Waals surface area contributed by atoms with Gasteiger partial charge < -0.3 is 20.1 Å². The summed E-state index contributed by atoms with van der Waals surface area (Å²) in [4.78, 5) is 0. The molecule has 0 aliphatic rings. The van der Waals surface area contributed by atoms with Crippen LogP contribution in [-0.2, 0) is 0 Å². The second kappa shape index (κ2) is 4.96. The van der Waals surface area contributed by atoms with Crippen LogP contribution in [0, 0.1) is 0 Å². The van der Waals surface area contributed by atoms with Gasteiger partial charge in [-0.05, 0) is 20.0 Å². The van der Waals surface area contributed by atoms with E-state index in [1.54, 1.807) is 7.05 Å². The summed E-state index contributed by atoms with van der Waals surface area (Å²) in [5, 5.41) is 25.3. The molecule has 5 heteroatoms. The smallest absolute Gasteiger partial charge is 0.129 e. The molecule has 0 bridgehead atoms. The number of aromatic nitrogens is 1. The molecule has 0 radical (unpaired) electrons. The van der Waals surface area contributed by atoms with Gasteiger partial charge >= 0.3 is 0 Å². The first-order chi connectivity index (χ1) is 6.25. The summed E-state index contributed by atoms with van der Waals surface area (Å²) in [6, 6.07) is 0. The third-order valence-electron chi connectivity index (χ3n) is 1.85. The quantitative estimate of drug-likeness (QED) is 0.587. The minimum absolute atomic E-state index is 0.489. The molecule has 0 aliphatic heterocycles. The van der Waals surface area contributed by atoms with E-state index in [-0.39, 0.29) is 0 Å². The second-order valence-corrected chi connectivity index (χ2v) is 2.86. The van der Waals surface area contributed by atoms with Gasteiger partial charge in [0.15, 0.2) is 0 Å². The molecule has 0 saturated heterocycles. The third kappa shape index (κ3) is 2.80. The fourth-order valence-electron chi connectivity index (χ4n) is 1.03. The number of nitrogens with zero attached hydrogens (tertiary/aromatic N) is 1. The molecule has 0 aliphatic carbocycles. The summed E-state index contributed by atoms with van der Waals surface area (Å²) in [6.45, 7) is 0.656. The van der Waals surface area contributed by atoms with Gasteiger partial charge in [0.05, 0.1) is 12.3 Å². The van der Waals surface area contributed by atoms with E-state index in [1.165, 1.54) is 12.5 Å². The number of hydrogen-bond donors (Lipinski definition) is 3. The number of rotatable bonds is 5. The Morgan fingerprint density at radius 2 is 2.38 bits per heavy atom. The van der Waals surface area contributed by atoms with Crippen LogP contribution in [-0.4, -0.2) is 35.1 Å². The van der Waals surface area contributed by atoms with Crippen molar-refractivity contribution in [1.29, 1.82) is 0 Å². The van der Waals surface area contributed by atoms with E-state index in [1.807, 2.05) is 0 Å². The topological polar surface area (TPSA) is 78.5 Å². The van der Waals surface area contributed by atoms with Gasteiger partial charge in [0, 0.05) is 5.56 Å². The van der Waals surface area contributed by atoms with E-state index in [2.05, 4.69) is 15.0 Å². The van der Waals surface area contributed by atoms with Crippen LogP contribution in [0.2, 0.25) is 0 Å². The summed E-state index contributed by atoms with van der Waals surface area (Å²) in [6.07, 6.45) is 1.51. The number of aliphatic hydroxyl groups is 2. The predicted octanol–water partition coefficient (Wildman–Crippen LogP) is -0.322. The highest BCUT2D eigenvalue weighted by Crippen LogP contribution is 2.17. The minimum Gasteiger partial charge on any atom is -0.390 e. The first kappa shape index (κ1) is 10.2. The second-order valence-electron chi connectivity index (χ2n) is 2.86. The average Bonchev–Trinajstić information content (AvgIpc) is 2.65. The van der Waals surface area contributed by atoms with E-state index in [0.29, 0.717) is 18.5 Å². The van der Waals surface area contributed by atoms with Crippen molar-refractivity contribution in [3.63, 3.8) is 0 Å².